The molecule has 3 aliphatic rings. The molecule has 2 aromatic rings. The predicted molar refractivity (Wildman–Crippen MR) is 77.9 cm³/mol. The molecule has 0 N–H and O–H groups in total. The third kappa shape index (κ3) is 1.47. The molecular formula is C15H13BrN2O2. The fourth-order valence-corrected chi connectivity index (χ4v) is 4.30. The number of carbonyl (C=O) groups excluding carboxylic acids is 1. The summed E-state index contributed by atoms with van der Waals surface area (Å²) >= 11 is 3.82. The average Bonchev–Trinajstić information content (AvgIpc) is 2.82. The summed E-state index contributed by atoms with van der Waals surface area (Å²) in [5.41, 5.74) is 2.80. The van der Waals surface area contributed by atoms with E-state index in [1.807, 2.05) is 6.07 Å². The van der Waals surface area contributed by atoms with E-state index in [9.17, 15) is 4.79 Å². The number of aromatic nitrogens is 2. The topological polar surface area (TPSA) is 44.1 Å². The minimum absolute atomic E-state index is 0.120. The van der Waals surface area contributed by atoms with Gasteiger partial charge >= 0.3 is 5.97 Å². The molecule has 1 saturated carbocycles. The molecule has 0 unspecified atom stereocenters. The summed E-state index contributed by atoms with van der Waals surface area (Å²) in [5, 5.41) is 0. The number of ether oxygens (including phenoxy) is 1. The smallest absolute Gasteiger partial charge is 0.358 e. The molecule has 0 radical (unpaired) electrons. The molecule has 2 bridgehead atoms. The first-order valence-electron chi connectivity index (χ1n) is 6.59. The van der Waals surface area contributed by atoms with Gasteiger partial charge in [0.2, 0.25) is 0 Å². The maximum atomic E-state index is 11.7. The molecule has 3 heterocycles. The molecule has 1 aromatic heterocycles. The lowest BCUT2D eigenvalue weighted by Gasteiger charge is -2.43. The Labute approximate surface area is 124 Å². The van der Waals surface area contributed by atoms with Gasteiger partial charge in [0, 0.05) is 11.8 Å². The van der Waals surface area contributed by atoms with Gasteiger partial charge in [0.25, 0.3) is 0 Å². The van der Waals surface area contributed by atoms with Crippen molar-refractivity contribution < 1.29 is 9.53 Å². The largest absolute Gasteiger partial charge is 0.464 e. The van der Waals surface area contributed by atoms with Crippen LogP contribution < -0.4 is 0 Å². The van der Waals surface area contributed by atoms with Gasteiger partial charge in [0.15, 0.2) is 5.69 Å². The first-order valence-corrected chi connectivity index (χ1v) is 7.38. The van der Waals surface area contributed by atoms with Crippen molar-refractivity contribution in [2.24, 2.45) is 0 Å². The molecule has 0 atom stereocenters. The Morgan fingerprint density at radius 2 is 2.20 bits per heavy atom. The van der Waals surface area contributed by atoms with Crippen LogP contribution in [0.1, 0.15) is 34.8 Å². The van der Waals surface area contributed by atoms with E-state index in [4.69, 9.17) is 4.74 Å². The van der Waals surface area contributed by atoms with E-state index in [1.54, 1.807) is 6.20 Å². The highest BCUT2D eigenvalue weighted by atomic mass is 79.9. The quantitative estimate of drug-likeness (QED) is 0.594. The lowest BCUT2D eigenvalue weighted by atomic mass is 9.75. The van der Waals surface area contributed by atoms with Crippen LogP contribution in [0.5, 0.6) is 0 Å². The number of nitrogens with zero attached hydrogens (tertiary/aromatic N) is 2. The molecular weight excluding hydrogens is 320 g/mol. The second-order valence-corrected chi connectivity index (χ2v) is 6.90. The molecule has 5 heteroatoms. The molecule has 2 aliphatic heterocycles. The number of rotatable bonds is 1. The minimum Gasteiger partial charge on any atom is -0.464 e. The minimum atomic E-state index is -0.393. The van der Waals surface area contributed by atoms with Gasteiger partial charge in [-0.25, -0.2) is 9.78 Å². The fraction of sp³-hybridized carbons (Fsp3) is 0.333. The zero-order valence-electron chi connectivity index (χ0n) is 11.0. The highest BCUT2D eigenvalue weighted by Crippen LogP contribution is 2.58. The highest BCUT2D eigenvalue weighted by molar-refractivity contribution is 9.09. The number of carbonyl (C=O) groups is 1. The van der Waals surface area contributed by atoms with E-state index in [0.29, 0.717) is 11.6 Å². The molecule has 0 amide bonds. The van der Waals surface area contributed by atoms with Gasteiger partial charge in [-0.3, -0.25) is 0 Å². The van der Waals surface area contributed by atoms with E-state index in [1.165, 1.54) is 12.7 Å². The van der Waals surface area contributed by atoms with Crippen LogP contribution in [-0.2, 0) is 9.19 Å². The number of benzene rings is 1. The summed E-state index contributed by atoms with van der Waals surface area (Å²) in [7, 11) is 1.38. The molecule has 1 aromatic carbocycles. The Bertz CT molecular complexity index is 716. The molecule has 4 nitrogen and oxygen atoms in total. The van der Waals surface area contributed by atoms with E-state index in [0.717, 1.165) is 24.2 Å². The standard InChI is InChI=1S/C15H13BrN2O2/c1-20-14(19)12-8-18-13(17-12)11-5-3-2-4-10(11)9-6-15(18,16)7-9/h2-5,8-9H,6-7H2,1H3. The summed E-state index contributed by atoms with van der Waals surface area (Å²) in [6.45, 7) is 0. The second kappa shape index (κ2) is 3.95. The number of imidazole rings is 1. The maximum Gasteiger partial charge on any atom is 0.358 e. The van der Waals surface area contributed by atoms with Gasteiger partial charge < -0.3 is 9.30 Å². The van der Waals surface area contributed by atoms with Crippen molar-refractivity contribution in [3.05, 3.63) is 41.7 Å². The fourth-order valence-electron chi connectivity index (χ4n) is 3.25. The van der Waals surface area contributed by atoms with Crippen LogP contribution >= 0.6 is 15.9 Å². The van der Waals surface area contributed by atoms with Gasteiger partial charge in [-0.2, -0.15) is 0 Å². The number of esters is 1. The number of methoxy groups -OCH3 is 1. The van der Waals surface area contributed by atoms with E-state index < -0.39 is 5.97 Å². The SMILES string of the molecule is COC(=O)c1cn2c(n1)-c1ccccc1C1CC2(Br)C1. The van der Waals surface area contributed by atoms with Gasteiger partial charge in [0.1, 0.15) is 10.3 Å². The molecule has 1 fully saturated rings. The lowest BCUT2D eigenvalue weighted by molar-refractivity contribution is 0.0594. The van der Waals surface area contributed by atoms with E-state index >= 15 is 0 Å². The first-order chi connectivity index (χ1) is 9.62. The maximum absolute atomic E-state index is 11.7. The number of alkyl halides is 1. The van der Waals surface area contributed by atoms with Crippen molar-refractivity contribution in [1.82, 2.24) is 9.55 Å². The van der Waals surface area contributed by atoms with Crippen molar-refractivity contribution in [3.63, 3.8) is 0 Å². The van der Waals surface area contributed by atoms with Crippen LogP contribution in [0.4, 0.5) is 0 Å². The summed E-state index contributed by atoms with van der Waals surface area (Å²) in [6.07, 6.45) is 3.84. The van der Waals surface area contributed by atoms with Crippen molar-refractivity contribution in [3.8, 4) is 11.4 Å². The zero-order valence-corrected chi connectivity index (χ0v) is 12.6. The van der Waals surface area contributed by atoms with Gasteiger partial charge in [-0.1, -0.05) is 40.2 Å². The van der Waals surface area contributed by atoms with Crippen LogP contribution in [0.25, 0.3) is 11.4 Å². The summed E-state index contributed by atoms with van der Waals surface area (Å²) in [6, 6.07) is 8.31. The molecule has 0 spiro atoms. The Balaban J connectivity index is 1.97. The zero-order chi connectivity index (χ0) is 13.9. The molecule has 5 rings (SSSR count). The van der Waals surface area contributed by atoms with E-state index in [2.05, 4.69) is 43.7 Å². The number of hydrogen-bond donors (Lipinski definition) is 0. The monoisotopic (exact) mass is 332 g/mol. The first kappa shape index (κ1) is 12.1. The Kier molecular flexibility index (Phi) is 2.40. The van der Waals surface area contributed by atoms with Gasteiger partial charge in [-0.05, 0) is 24.3 Å². The average molecular weight is 333 g/mol. The Morgan fingerprint density at radius 1 is 1.45 bits per heavy atom. The summed E-state index contributed by atoms with van der Waals surface area (Å²) in [4.78, 5) is 16.2. The van der Waals surface area contributed by atoms with Crippen molar-refractivity contribution in [2.45, 2.75) is 23.2 Å². The van der Waals surface area contributed by atoms with Gasteiger partial charge in [-0.15, -0.1) is 0 Å². The summed E-state index contributed by atoms with van der Waals surface area (Å²) < 4.78 is 6.75. The third-order valence-electron chi connectivity index (χ3n) is 4.29. The number of halogens is 1. The van der Waals surface area contributed by atoms with Crippen LogP contribution in [0.2, 0.25) is 0 Å². The van der Waals surface area contributed by atoms with Crippen molar-refractivity contribution >= 4 is 21.9 Å². The molecule has 1 aliphatic carbocycles. The Hall–Kier alpha value is -1.62. The van der Waals surface area contributed by atoms with Crippen molar-refractivity contribution in [1.29, 1.82) is 0 Å². The van der Waals surface area contributed by atoms with Crippen LogP contribution in [0, 0.1) is 0 Å². The summed E-state index contributed by atoms with van der Waals surface area (Å²) in [5.74, 6) is 1.02. The highest BCUT2D eigenvalue weighted by Gasteiger charge is 2.49. The van der Waals surface area contributed by atoms with Crippen LogP contribution in [-0.4, -0.2) is 22.6 Å². The Morgan fingerprint density at radius 3 is 2.95 bits per heavy atom. The number of hydrogen-bond acceptors (Lipinski definition) is 3. The molecule has 0 saturated heterocycles. The lowest BCUT2D eigenvalue weighted by Crippen LogP contribution is -2.38. The van der Waals surface area contributed by atoms with Crippen LogP contribution in [0.3, 0.4) is 0 Å². The molecule has 102 valence electrons. The normalized spacial score (nSPS) is 26.0. The third-order valence-corrected chi connectivity index (χ3v) is 5.32. The molecule has 20 heavy (non-hydrogen) atoms. The van der Waals surface area contributed by atoms with Crippen LogP contribution in [0.15, 0.2) is 30.5 Å². The van der Waals surface area contributed by atoms with E-state index in [-0.39, 0.29) is 4.45 Å². The van der Waals surface area contributed by atoms with Gasteiger partial charge in [0.05, 0.1) is 7.11 Å². The predicted octanol–water partition coefficient (Wildman–Crippen LogP) is 3.28. The van der Waals surface area contributed by atoms with Crippen molar-refractivity contribution in [2.75, 3.05) is 7.11 Å². The second-order valence-electron chi connectivity index (χ2n) is 5.42.